The van der Waals surface area contributed by atoms with Crippen molar-refractivity contribution in [2.24, 2.45) is 5.10 Å². The van der Waals surface area contributed by atoms with Crippen LogP contribution in [0.25, 0.3) is 0 Å². The molecular formula is C15H10F3IN2O. The van der Waals surface area contributed by atoms with E-state index >= 15 is 0 Å². The van der Waals surface area contributed by atoms with Gasteiger partial charge >= 0.3 is 6.18 Å². The molecule has 2 rings (SSSR count). The van der Waals surface area contributed by atoms with Crippen LogP contribution < -0.4 is 5.43 Å². The maximum Gasteiger partial charge on any atom is 0.416 e. The Morgan fingerprint density at radius 1 is 1.14 bits per heavy atom. The van der Waals surface area contributed by atoms with Crippen LogP contribution in [0.15, 0.2) is 53.6 Å². The summed E-state index contributed by atoms with van der Waals surface area (Å²) in [6.45, 7) is 0. The third-order valence-corrected chi connectivity index (χ3v) is 3.71. The van der Waals surface area contributed by atoms with Crippen LogP contribution in [0, 0.1) is 3.57 Å². The molecule has 1 amide bonds. The van der Waals surface area contributed by atoms with E-state index in [1.165, 1.54) is 18.3 Å². The predicted octanol–water partition coefficient (Wildman–Crippen LogP) is 4.07. The zero-order valence-electron chi connectivity index (χ0n) is 11.1. The van der Waals surface area contributed by atoms with Gasteiger partial charge in [0.2, 0.25) is 0 Å². The Labute approximate surface area is 138 Å². The topological polar surface area (TPSA) is 41.5 Å². The molecule has 0 bridgehead atoms. The van der Waals surface area contributed by atoms with Crippen LogP contribution in [-0.4, -0.2) is 12.1 Å². The van der Waals surface area contributed by atoms with E-state index in [4.69, 9.17) is 0 Å². The zero-order chi connectivity index (χ0) is 16.2. The summed E-state index contributed by atoms with van der Waals surface area (Å²) in [6, 6.07) is 11.5. The van der Waals surface area contributed by atoms with Gasteiger partial charge in [-0.1, -0.05) is 24.3 Å². The molecule has 0 aliphatic rings. The number of alkyl halides is 3. The molecule has 2 aromatic rings. The SMILES string of the molecule is O=C(NN=Cc1ccccc1I)c1cccc(C(F)(F)F)c1. The van der Waals surface area contributed by atoms with Gasteiger partial charge in [-0.15, -0.1) is 0 Å². The zero-order valence-corrected chi connectivity index (χ0v) is 13.2. The Bertz CT molecular complexity index is 714. The molecule has 0 heterocycles. The first-order valence-corrected chi connectivity index (χ1v) is 7.21. The maximum atomic E-state index is 12.6. The van der Waals surface area contributed by atoms with E-state index in [1.807, 2.05) is 24.3 Å². The second-order valence-electron chi connectivity index (χ2n) is 4.30. The number of nitrogens with one attached hydrogen (secondary N) is 1. The van der Waals surface area contributed by atoms with Gasteiger partial charge in [0.25, 0.3) is 5.91 Å². The summed E-state index contributed by atoms with van der Waals surface area (Å²) < 4.78 is 38.7. The van der Waals surface area contributed by atoms with Gasteiger partial charge in [0, 0.05) is 14.7 Å². The number of halogens is 4. The smallest absolute Gasteiger partial charge is 0.267 e. The number of amides is 1. The third-order valence-electron chi connectivity index (χ3n) is 2.73. The van der Waals surface area contributed by atoms with E-state index in [2.05, 4.69) is 33.1 Å². The molecule has 0 unspecified atom stereocenters. The number of nitrogens with zero attached hydrogens (tertiary/aromatic N) is 1. The average Bonchev–Trinajstić information content (AvgIpc) is 2.48. The first-order chi connectivity index (χ1) is 10.4. The first kappa shape index (κ1) is 16.5. The molecule has 1 N–H and O–H groups in total. The summed E-state index contributed by atoms with van der Waals surface area (Å²) in [7, 11) is 0. The van der Waals surface area contributed by atoms with E-state index in [0.29, 0.717) is 0 Å². The molecule has 0 aliphatic carbocycles. The Hall–Kier alpha value is -1.90. The lowest BCUT2D eigenvalue weighted by molar-refractivity contribution is -0.137. The number of benzene rings is 2. The van der Waals surface area contributed by atoms with Crippen molar-refractivity contribution in [1.29, 1.82) is 0 Å². The normalized spacial score (nSPS) is 11.6. The van der Waals surface area contributed by atoms with Gasteiger partial charge in [-0.25, -0.2) is 5.43 Å². The summed E-state index contributed by atoms with van der Waals surface area (Å²) in [4.78, 5) is 11.8. The van der Waals surface area contributed by atoms with E-state index in [9.17, 15) is 18.0 Å². The molecule has 0 aromatic heterocycles. The molecule has 114 valence electrons. The van der Waals surface area contributed by atoms with Crippen molar-refractivity contribution in [1.82, 2.24) is 5.43 Å². The van der Waals surface area contributed by atoms with Crippen LogP contribution in [0.5, 0.6) is 0 Å². The number of carbonyl (C=O) groups excluding carboxylic acids is 1. The number of hydrazone groups is 1. The largest absolute Gasteiger partial charge is 0.416 e. The minimum atomic E-state index is -4.49. The van der Waals surface area contributed by atoms with Crippen LogP contribution in [0.3, 0.4) is 0 Å². The van der Waals surface area contributed by atoms with Crippen molar-refractivity contribution < 1.29 is 18.0 Å². The van der Waals surface area contributed by atoms with Crippen molar-refractivity contribution in [3.8, 4) is 0 Å². The fourth-order valence-electron chi connectivity index (χ4n) is 1.64. The molecule has 0 saturated heterocycles. The molecule has 2 aromatic carbocycles. The number of carbonyl (C=O) groups is 1. The van der Waals surface area contributed by atoms with Gasteiger partial charge in [-0.3, -0.25) is 4.79 Å². The van der Waals surface area contributed by atoms with Gasteiger partial charge in [0.15, 0.2) is 0 Å². The van der Waals surface area contributed by atoms with Crippen molar-refractivity contribution in [3.05, 3.63) is 68.8 Å². The van der Waals surface area contributed by atoms with Crippen LogP contribution in [0.4, 0.5) is 13.2 Å². The molecule has 0 aliphatic heterocycles. The molecule has 22 heavy (non-hydrogen) atoms. The lowest BCUT2D eigenvalue weighted by Gasteiger charge is -2.07. The molecule has 3 nitrogen and oxygen atoms in total. The highest BCUT2D eigenvalue weighted by Crippen LogP contribution is 2.29. The summed E-state index contributed by atoms with van der Waals surface area (Å²) in [5.41, 5.74) is 2.04. The van der Waals surface area contributed by atoms with Gasteiger partial charge in [-0.05, 0) is 46.9 Å². The third kappa shape index (κ3) is 4.30. The van der Waals surface area contributed by atoms with Crippen LogP contribution >= 0.6 is 22.6 Å². The molecule has 0 spiro atoms. The second kappa shape index (κ2) is 6.91. The van der Waals surface area contributed by atoms with E-state index in [0.717, 1.165) is 21.3 Å². The van der Waals surface area contributed by atoms with E-state index in [-0.39, 0.29) is 5.56 Å². The summed E-state index contributed by atoms with van der Waals surface area (Å²) in [5, 5.41) is 3.76. The highest BCUT2D eigenvalue weighted by Gasteiger charge is 2.30. The van der Waals surface area contributed by atoms with Crippen LogP contribution in [0.2, 0.25) is 0 Å². The number of rotatable bonds is 3. The highest BCUT2D eigenvalue weighted by molar-refractivity contribution is 14.1. The van der Waals surface area contributed by atoms with Crippen molar-refractivity contribution in [2.75, 3.05) is 0 Å². The molecule has 0 saturated carbocycles. The Kier molecular flexibility index (Phi) is 5.17. The minimum absolute atomic E-state index is 0.102. The van der Waals surface area contributed by atoms with Gasteiger partial charge < -0.3 is 0 Å². The second-order valence-corrected chi connectivity index (χ2v) is 5.46. The van der Waals surface area contributed by atoms with E-state index in [1.54, 1.807) is 0 Å². The monoisotopic (exact) mass is 418 g/mol. The fourth-order valence-corrected chi connectivity index (χ4v) is 2.17. The molecule has 0 radical (unpaired) electrons. The van der Waals surface area contributed by atoms with Gasteiger partial charge in [0.1, 0.15) is 0 Å². The maximum absolute atomic E-state index is 12.6. The molecule has 7 heteroatoms. The van der Waals surface area contributed by atoms with Crippen LogP contribution in [0.1, 0.15) is 21.5 Å². The Balaban J connectivity index is 2.09. The minimum Gasteiger partial charge on any atom is -0.267 e. The summed E-state index contributed by atoms with van der Waals surface area (Å²) in [5.74, 6) is -0.701. The number of hydrogen-bond donors (Lipinski definition) is 1. The van der Waals surface area contributed by atoms with Gasteiger partial charge in [0.05, 0.1) is 11.8 Å². The average molecular weight is 418 g/mol. The first-order valence-electron chi connectivity index (χ1n) is 6.13. The van der Waals surface area contributed by atoms with Crippen LogP contribution in [-0.2, 0) is 6.18 Å². The van der Waals surface area contributed by atoms with Crippen molar-refractivity contribution >= 4 is 34.7 Å². The quantitative estimate of drug-likeness (QED) is 0.456. The van der Waals surface area contributed by atoms with Crippen molar-refractivity contribution in [3.63, 3.8) is 0 Å². The Morgan fingerprint density at radius 2 is 1.86 bits per heavy atom. The Morgan fingerprint density at radius 3 is 2.55 bits per heavy atom. The lowest BCUT2D eigenvalue weighted by Crippen LogP contribution is -2.18. The molecular weight excluding hydrogens is 408 g/mol. The van der Waals surface area contributed by atoms with E-state index < -0.39 is 17.6 Å². The summed E-state index contributed by atoms with van der Waals surface area (Å²) >= 11 is 2.11. The number of hydrogen-bond acceptors (Lipinski definition) is 2. The lowest BCUT2D eigenvalue weighted by atomic mass is 10.1. The standard InChI is InChI=1S/C15H10F3IN2O/c16-15(17,18)12-6-3-5-10(8-12)14(22)21-20-9-11-4-1-2-7-13(11)19/h1-9H,(H,21,22). The highest BCUT2D eigenvalue weighted by atomic mass is 127. The predicted molar refractivity (Wildman–Crippen MR) is 85.7 cm³/mol. The van der Waals surface area contributed by atoms with Gasteiger partial charge in [-0.2, -0.15) is 18.3 Å². The molecule has 0 atom stereocenters. The fraction of sp³-hybridized carbons (Fsp3) is 0.0667. The summed E-state index contributed by atoms with van der Waals surface area (Å²) in [6.07, 6.45) is -3.05. The van der Waals surface area contributed by atoms with Crippen molar-refractivity contribution in [2.45, 2.75) is 6.18 Å². The molecule has 0 fully saturated rings.